The fourth-order valence-electron chi connectivity index (χ4n) is 1.66. The Bertz CT molecular complexity index is 557. The van der Waals surface area contributed by atoms with Crippen molar-refractivity contribution in [2.75, 3.05) is 7.11 Å². The molecule has 1 N–H and O–H groups in total. The number of benzene rings is 1. The predicted molar refractivity (Wildman–Crippen MR) is 72.9 cm³/mol. The topological polar surface area (TPSA) is 47.3 Å². The van der Waals surface area contributed by atoms with Crippen LogP contribution in [0.5, 0.6) is 0 Å². The summed E-state index contributed by atoms with van der Waals surface area (Å²) in [6.07, 6.45) is 0. The molecule has 0 atom stereocenters. The van der Waals surface area contributed by atoms with Crippen LogP contribution < -0.4 is 0 Å². The average Bonchev–Trinajstić information content (AvgIpc) is 2.66. The summed E-state index contributed by atoms with van der Waals surface area (Å²) in [5.41, 5.74) is 2.06. The van der Waals surface area contributed by atoms with Crippen molar-refractivity contribution in [3.8, 4) is 5.69 Å². The van der Waals surface area contributed by atoms with Crippen LogP contribution in [0.1, 0.15) is 11.3 Å². The third-order valence-electron chi connectivity index (χ3n) is 2.50. The summed E-state index contributed by atoms with van der Waals surface area (Å²) in [6, 6.07) is 7.61. The maximum Gasteiger partial charge on any atom is 0.138 e. The molecule has 18 heavy (non-hydrogen) atoms. The summed E-state index contributed by atoms with van der Waals surface area (Å²) in [7, 11) is 1.58. The maximum absolute atomic E-state index is 9.34. The summed E-state index contributed by atoms with van der Waals surface area (Å²) < 4.78 is 7.57. The Hall–Kier alpha value is -0.880. The highest BCUT2D eigenvalue weighted by Crippen LogP contribution is 2.25. The Morgan fingerprint density at radius 3 is 2.89 bits per heavy atom. The van der Waals surface area contributed by atoms with E-state index in [9.17, 15) is 5.11 Å². The molecule has 0 radical (unpaired) electrons. The smallest absolute Gasteiger partial charge is 0.138 e. The van der Waals surface area contributed by atoms with Gasteiger partial charge >= 0.3 is 0 Å². The minimum absolute atomic E-state index is 0.161. The lowest BCUT2D eigenvalue weighted by Crippen LogP contribution is -1.98. The van der Waals surface area contributed by atoms with Crippen molar-refractivity contribution < 1.29 is 9.84 Å². The number of halogens is 2. The second-order valence-corrected chi connectivity index (χ2v) is 4.97. The molecule has 4 nitrogen and oxygen atoms in total. The van der Waals surface area contributed by atoms with Gasteiger partial charge < -0.3 is 9.84 Å². The number of aliphatic hydroxyl groups is 1. The molecule has 0 amide bonds. The first-order valence-corrected chi connectivity index (χ1v) is 6.46. The molecule has 0 spiro atoms. The molecule has 0 bridgehead atoms. The molecule has 0 saturated carbocycles. The SMILES string of the molecule is COCc1nn(-c2cccc(Br)c2)c(Cl)c1CO. The normalized spacial score (nSPS) is 10.9. The zero-order valence-corrected chi connectivity index (χ0v) is 12.1. The van der Waals surface area contributed by atoms with E-state index in [4.69, 9.17) is 16.3 Å². The van der Waals surface area contributed by atoms with E-state index in [1.165, 1.54) is 0 Å². The summed E-state index contributed by atoms with van der Waals surface area (Å²) >= 11 is 9.62. The molecule has 1 heterocycles. The lowest BCUT2D eigenvalue weighted by Gasteiger charge is -2.03. The highest BCUT2D eigenvalue weighted by atomic mass is 79.9. The van der Waals surface area contributed by atoms with E-state index >= 15 is 0 Å². The van der Waals surface area contributed by atoms with Gasteiger partial charge in [-0.25, -0.2) is 4.68 Å². The van der Waals surface area contributed by atoms with Crippen LogP contribution in [0, 0.1) is 0 Å². The van der Waals surface area contributed by atoms with Crippen molar-refractivity contribution in [3.63, 3.8) is 0 Å². The van der Waals surface area contributed by atoms with Gasteiger partial charge in [0.2, 0.25) is 0 Å². The molecule has 6 heteroatoms. The predicted octanol–water partition coefficient (Wildman–Crippen LogP) is 2.93. The molecule has 96 valence electrons. The molecule has 0 aliphatic rings. The standard InChI is InChI=1S/C12H12BrClN2O2/c1-18-7-11-10(6-17)12(14)16(15-11)9-4-2-3-8(13)5-9/h2-5,17H,6-7H2,1H3. The summed E-state index contributed by atoms with van der Waals surface area (Å²) in [4.78, 5) is 0. The van der Waals surface area contributed by atoms with Gasteiger partial charge in [-0.3, -0.25) is 0 Å². The van der Waals surface area contributed by atoms with E-state index < -0.39 is 0 Å². The van der Waals surface area contributed by atoms with E-state index in [2.05, 4.69) is 21.0 Å². The Kier molecular flexibility index (Phi) is 4.40. The van der Waals surface area contributed by atoms with E-state index in [-0.39, 0.29) is 6.61 Å². The summed E-state index contributed by atoms with van der Waals surface area (Å²) in [6.45, 7) is 0.155. The van der Waals surface area contributed by atoms with Crippen molar-refractivity contribution in [1.82, 2.24) is 9.78 Å². The lowest BCUT2D eigenvalue weighted by molar-refractivity contribution is 0.178. The fourth-order valence-corrected chi connectivity index (χ4v) is 2.35. The molecule has 2 rings (SSSR count). The van der Waals surface area contributed by atoms with Gasteiger partial charge in [0, 0.05) is 17.1 Å². The number of rotatable bonds is 4. The zero-order valence-electron chi connectivity index (χ0n) is 9.73. The molecule has 1 aromatic carbocycles. The fraction of sp³-hybridized carbons (Fsp3) is 0.250. The van der Waals surface area contributed by atoms with Gasteiger partial charge in [-0.2, -0.15) is 5.10 Å². The minimum atomic E-state index is -0.161. The molecular weight excluding hydrogens is 320 g/mol. The third-order valence-corrected chi connectivity index (χ3v) is 3.38. The van der Waals surface area contributed by atoms with Crippen LogP contribution in [0.25, 0.3) is 5.69 Å². The van der Waals surface area contributed by atoms with E-state index in [1.54, 1.807) is 11.8 Å². The van der Waals surface area contributed by atoms with Crippen LogP contribution in [0.3, 0.4) is 0 Å². The third kappa shape index (κ3) is 2.59. The van der Waals surface area contributed by atoms with Gasteiger partial charge in [0.1, 0.15) is 5.15 Å². The average molecular weight is 332 g/mol. The van der Waals surface area contributed by atoms with Crippen LogP contribution in [0.2, 0.25) is 5.15 Å². The molecule has 2 aromatic rings. The number of hydrogen-bond acceptors (Lipinski definition) is 3. The first-order chi connectivity index (χ1) is 8.67. The molecule has 0 aliphatic heterocycles. The Morgan fingerprint density at radius 2 is 2.28 bits per heavy atom. The quantitative estimate of drug-likeness (QED) is 0.937. The van der Waals surface area contributed by atoms with Crippen molar-refractivity contribution in [2.45, 2.75) is 13.2 Å². The maximum atomic E-state index is 9.34. The van der Waals surface area contributed by atoms with Crippen molar-refractivity contribution in [1.29, 1.82) is 0 Å². The van der Waals surface area contributed by atoms with Crippen LogP contribution >= 0.6 is 27.5 Å². The van der Waals surface area contributed by atoms with Gasteiger partial charge in [0.25, 0.3) is 0 Å². The lowest BCUT2D eigenvalue weighted by atomic mass is 10.3. The Labute approximate surface area is 118 Å². The second-order valence-electron chi connectivity index (χ2n) is 3.70. The van der Waals surface area contributed by atoms with E-state index in [1.807, 2.05) is 24.3 Å². The highest BCUT2D eigenvalue weighted by Gasteiger charge is 2.16. The van der Waals surface area contributed by atoms with Crippen molar-refractivity contribution >= 4 is 27.5 Å². The zero-order chi connectivity index (χ0) is 13.1. The van der Waals surface area contributed by atoms with Crippen LogP contribution in [-0.2, 0) is 18.0 Å². The summed E-state index contributed by atoms with van der Waals surface area (Å²) in [5, 5.41) is 14.1. The monoisotopic (exact) mass is 330 g/mol. The van der Waals surface area contributed by atoms with Crippen molar-refractivity contribution in [3.05, 3.63) is 45.1 Å². The Balaban J connectivity index is 2.51. The van der Waals surface area contributed by atoms with Crippen LogP contribution in [0.4, 0.5) is 0 Å². The van der Waals surface area contributed by atoms with E-state index in [0.717, 1.165) is 10.2 Å². The first-order valence-electron chi connectivity index (χ1n) is 5.29. The number of nitrogens with zero attached hydrogens (tertiary/aromatic N) is 2. The van der Waals surface area contributed by atoms with Gasteiger partial charge in [0.05, 0.1) is 24.6 Å². The molecule has 0 unspecified atom stereocenters. The highest BCUT2D eigenvalue weighted by molar-refractivity contribution is 9.10. The summed E-state index contributed by atoms with van der Waals surface area (Å²) in [5.74, 6) is 0. The van der Waals surface area contributed by atoms with Gasteiger partial charge in [-0.15, -0.1) is 0 Å². The number of hydrogen-bond donors (Lipinski definition) is 1. The first kappa shape index (κ1) is 13.5. The second kappa shape index (κ2) is 5.84. The minimum Gasteiger partial charge on any atom is -0.391 e. The molecular formula is C12H12BrClN2O2. The number of aromatic nitrogens is 2. The molecule has 0 aliphatic carbocycles. The van der Waals surface area contributed by atoms with Crippen LogP contribution in [-0.4, -0.2) is 22.0 Å². The van der Waals surface area contributed by atoms with Crippen molar-refractivity contribution in [2.24, 2.45) is 0 Å². The molecule has 0 saturated heterocycles. The number of ether oxygens (including phenoxy) is 1. The van der Waals surface area contributed by atoms with E-state index in [0.29, 0.717) is 23.0 Å². The van der Waals surface area contributed by atoms with Gasteiger partial charge in [0.15, 0.2) is 0 Å². The Morgan fingerprint density at radius 1 is 1.50 bits per heavy atom. The number of aliphatic hydroxyl groups excluding tert-OH is 1. The molecule has 1 aromatic heterocycles. The van der Waals surface area contributed by atoms with Crippen LogP contribution in [0.15, 0.2) is 28.7 Å². The molecule has 0 fully saturated rings. The largest absolute Gasteiger partial charge is 0.391 e. The number of methoxy groups -OCH3 is 1. The van der Waals surface area contributed by atoms with Gasteiger partial charge in [-0.1, -0.05) is 33.6 Å². The van der Waals surface area contributed by atoms with Gasteiger partial charge in [-0.05, 0) is 18.2 Å².